The topological polar surface area (TPSA) is 53.1 Å². The van der Waals surface area contributed by atoms with E-state index in [0.29, 0.717) is 19.2 Å². The molecule has 2 N–H and O–H groups in total. The van der Waals surface area contributed by atoms with Gasteiger partial charge in [0.15, 0.2) is 0 Å². The Kier molecular flexibility index (Phi) is 5.15. The first-order valence-electron chi connectivity index (χ1n) is 6.45. The third kappa shape index (κ3) is 3.54. The molecule has 1 rings (SSSR count). The number of rotatable bonds is 7. The zero-order valence-electron chi connectivity index (χ0n) is 11.4. The van der Waals surface area contributed by atoms with Crippen molar-refractivity contribution in [2.24, 2.45) is 5.73 Å². The molecule has 0 radical (unpaired) electrons. The molecule has 1 aromatic heterocycles. The molecule has 98 valence electrons. The standard InChI is InChI=1S/C13H25N3O/c1-5-13(6-2,10-14)17-9-12-7-8-16(15-12)11(3)4/h7-8,11H,5-6,9-10,14H2,1-4H3. The third-order valence-electron chi connectivity index (χ3n) is 3.38. The molecule has 4 nitrogen and oxygen atoms in total. The van der Waals surface area contributed by atoms with Gasteiger partial charge in [-0.1, -0.05) is 13.8 Å². The summed E-state index contributed by atoms with van der Waals surface area (Å²) in [5, 5.41) is 4.47. The maximum absolute atomic E-state index is 5.96. The van der Waals surface area contributed by atoms with Gasteiger partial charge in [0, 0.05) is 18.8 Å². The molecule has 0 saturated carbocycles. The molecule has 1 heterocycles. The van der Waals surface area contributed by atoms with Crippen molar-refractivity contribution in [2.75, 3.05) is 6.54 Å². The molecule has 0 bridgehead atoms. The summed E-state index contributed by atoms with van der Waals surface area (Å²) in [7, 11) is 0. The smallest absolute Gasteiger partial charge is 0.0914 e. The van der Waals surface area contributed by atoms with Gasteiger partial charge in [-0.25, -0.2) is 0 Å². The Labute approximate surface area is 104 Å². The Morgan fingerprint density at radius 1 is 1.41 bits per heavy atom. The number of nitrogens with zero attached hydrogens (tertiary/aromatic N) is 2. The quantitative estimate of drug-likeness (QED) is 0.795. The van der Waals surface area contributed by atoms with Crippen LogP contribution in [-0.4, -0.2) is 21.9 Å². The molecule has 0 aliphatic carbocycles. The molecule has 0 fully saturated rings. The molecule has 0 aromatic carbocycles. The van der Waals surface area contributed by atoms with Crippen LogP contribution in [0.25, 0.3) is 0 Å². The van der Waals surface area contributed by atoms with Crippen LogP contribution in [0.4, 0.5) is 0 Å². The average molecular weight is 239 g/mol. The van der Waals surface area contributed by atoms with Crippen LogP contribution in [0.15, 0.2) is 12.3 Å². The van der Waals surface area contributed by atoms with Gasteiger partial charge >= 0.3 is 0 Å². The predicted molar refractivity (Wildman–Crippen MR) is 69.8 cm³/mol. The van der Waals surface area contributed by atoms with Crippen LogP contribution in [0.3, 0.4) is 0 Å². The molecule has 0 aliphatic heterocycles. The number of ether oxygens (including phenoxy) is 1. The van der Waals surface area contributed by atoms with Crippen molar-refractivity contribution < 1.29 is 4.74 Å². The van der Waals surface area contributed by atoms with E-state index in [1.807, 2.05) is 16.9 Å². The summed E-state index contributed by atoms with van der Waals surface area (Å²) in [6.07, 6.45) is 3.86. The lowest BCUT2D eigenvalue weighted by Gasteiger charge is -2.30. The van der Waals surface area contributed by atoms with E-state index in [9.17, 15) is 0 Å². The second-order valence-corrected chi connectivity index (χ2v) is 4.76. The first-order chi connectivity index (χ1) is 8.06. The summed E-state index contributed by atoms with van der Waals surface area (Å²) < 4.78 is 7.90. The first-order valence-corrected chi connectivity index (χ1v) is 6.45. The highest BCUT2D eigenvalue weighted by Crippen LogP contribution is 2.20. The Hall–Kier alpha value is -0.870. The number of hydrogen-bond acceptors (Lipinski definition) is 3. The minimum Gasteiger partial charge on any atom is -0.367 e. The Balaban J connectivity index is 2.59. The number of hydrogen-bond donors (Lipinski definition) is 1. The van der Waals surface area contributed by atoms with E-state index in [0.717, 1.165) is 18.5 Å². The van der Waals surface area contributed by atoms with Gasteiger partial charge in [-0.3, -0.25) is 4.68 Å². The van der Waals surface area contributed by atoms with Crippen LogP contribution in [-0.2, 0) is 11.3 Å². The molecular weight excluding hydrogens is 214 g/mol. The van der Waals surface area contributed by atoms with Crippen molar-refractivity contribution in [3.63, 3.8) is 0 Å². The minimum absolute atomic E-state index is 0.193. The summed E-state index contributed by atoms with van der Waals surface area (Å²) in [6, 6.07) is 2.40. The second-order valence-electron chi connectivity index (χ2n) is 4.76. The van der Waals surface area contributed by atoms with Crippen molar-refractivity contribution in [3.8, 4) is 0 Å². The van der Waals surface area contributed by atoms with Crippen LogP contribution < -0.4 is 5.73 Å². The molecule has 0 amide bonds. The molecule has 0 saturated heterocycles. The van der Waals surface area contributed by atoms with Crippen molar-refractivity contribution in [3.05, 3.63) is 18.0 Å². The summed E-state index contributed by atoms with van der Waals surface area (Å²) in [6.45, 7) is 9.55. The van der Waals surface area contributed by atoms with E-state index in [1.165, 1.54) is 0 Å². The Morgan fingerprint density at radius 3 is 2.47 bits per heavy atom. The molecule has 0 spiro atoms. The summed E-state index contributed by atoms with van der Waals surface area (Å²) in [4.78, 5) is 0. The van der Waals surface area contributed by atoms with Crippen molar-refractivity contribution in [2.45, 2.75) is 58.8 Å². The van der Waals surface area contributed by atoms with Crippen LogP contribution in [0, 0.1) is 0 Å². The van der Waals surface area contributed by atoms with E-state index in [2.05, 4.69) is 32.8 Å². The fourth-order valence-electron chi connectivity index (χ4n) is 1.77. The van der Waals surface area contributed by atoms with Crippen molar-refractivity contribution >= 4 is 0 Å². The molecule has 1 aromatic rings. The van der Waals surface area contributed by atoms with E-state index in [4.69, 9.17) is 10.5 Å². The molecule has 17 heavy (non-hydrogen) atoms. The van der Waals surface area contributed by atoms with Crippen molar-refractivity contribution in [1.29, 1.82) is 0 Å². The molecule has 0 unspecified atom stereocenters. The van der Waals surface area contributed by atoms with Crippen molar-refractivity contribution in [1.82, 2.24) is 9.78 Å². The number of aromatic nitrogens is 2. The Morgan fingerprint density at radius 2 is 2.06 bits per heavy atom. The van der Waals surface area contributed by atoms with Gasteiger partial charge in [-0.05, 0) is 32.8 Å². The average Bonchev–Trinajstić information content (AvgIpc) is 2.81. The maximum Gasteiger partial charge on any atom is 0.0914 e. The lowest BCUT2D eigenvalue weighted by molar-refractivity contribution is -0.0567. The summed E-state index contributed by atoms with van der Waals surface area (Å²) in [5.41, 5.74) is 6.57. The van der Waals surface area contributed by atoms with Crippen LogP contribution in [0.5, 0.6) is 0 Å². The van der Waals surface area contributed by atoms with Gasteiger partial charge < -0.3 is 10.5 Å². The van der Waals surface area contributed by atoms with E-state index >= 15 is 0 Å². The maximum atomic E-state index is 5.96. The molecular formula is C13H25N3O. The zero-order valence-corrected chi connectivity index (χ0v) is 11.4. The number of nitrogens with two attached hydrogens (primary N) is 1. The Bertz CT molecular complexity index is 321. The first kappa shape index (κ1) is 14.2. The van der Waals surface area contributed by atoms with Crippen LogP contribution in [0.2, 0.25) is 0 Å². The molecule has 4 heteroatoms. The molecule has 0 aliphatic rings. The normalized spacial score (nSPS) is 12.4. The fourth-order valence-corrected chi connectivity index (χ4v) is 1.77. The van der Waals surface area contributed by atoms with Crippen LogP contribution in [0.1, 0.15) is 52.3 Å². The van der Waals surface area contributed by atoms with Crippen LogP contribution >= 0.6 is 0 Å². The van der Waals surface area contributed by atoms with Gasteiger partial charge in [-0.2, -0.15) is 5.10 Å². The van der Waals surface area contributed by atoms with Gasteiger partial charge in [-0.15, -0.1) is 0 Å². The van der Waals surface area contributed by atoms with E-state index in [1.54, 1.807) is 0 Å². The zero-order chi connectivity index (χ0) is 12.9. The highest BCUT2D eigenvalue weighted by molar-refractivity contribution is 4.98. The van der Waals surface area contributed by atoms with Gasteiger partial charge in [0.1, 0.15) is 0 Å². The monoisotopic (exact) mass is 239 g/mol. The highest BCUT2D eigenvalue weighted by atomic mass is 16.5. The van der Waals surface area contributed by atoms with Gasteiger partial charge in [0.2, 0.25) is 0 Å². The second kappa shape index (κ2) is 6.17. The lowest BCUT2D eigenvalue weighted by Crippen LogP contribution is -2.39. The van der Waals surface area contributed by atoms with Gasteiger partial charge in [0.05, 0.1) is 17.9 Å². The lowest BCUT2D eigenvalue weighted by atomic mass is 9.97. The summed E-state index contributed by atoms with van der Waals surface area (Å²) >= 11 is 0. The van der Waals surface area contributed by atoms with E-state index < -0.39 is 0 Å². The van der Waals surface area contributed by atoms with E-state index in [-0.39, 0.29) is 5.60 Å². The molecule has 0 atom stereocenters. The minimum atomic E-state index is -0.193. The third-order valence-corrected chi connectivity index (χ3v) is 3.38. The SMILES string of the molecule is CCC(CC)(CN)OCc1ccn(C(C)C)n1. The summed E-state index contributed by atoms with van der Waals surface area (Å²) in [5.74, 6) is 0. The highest BCUT2D eigenvalue weighted by Gasteiger charge is 2.25. The largest absolute Gasteiger partial charge is 0.367 e. The fraction of sp³-hybridized carbons (Fsp3) is 0.769. The van der Waals surface area contributed by atoms with Gasteiger partial charge in [0.25, 0.3) is 0 Å². The predicted octanol–water partition coefficient (Wildman–Crippen LogP) is 2.50.